The highest BCUT2D eigenvalue weighted by Gasteiger charge is 2.08. The van der Waals surface area contributed by atoms with Crippen LogP contribution in [-0.2, 0) is 11.3 Å². The molecule has 88 valence electrons. The van der Waals surface area contributed by atoms with Crippen molar-refractivity contribution in [3.63, 3.8) is 0 Å². The highest BCUT2D eigenvalue weighted by Crippen LogP contribution is 1.99. The second-order valence-corrected chi connectivity index (χ2v) is 3.79. The number of amides is 1. The second kappa shape index (κ2) is 6.33. The van der Waals surface area contributed by atoms with Gasteiger partial charge in [0.15, 0.2) is 0 Å². The molecule has 0 radical (unpaired) electrons. The van der Waals surface area contributed by atoms with Gasteiger partial charge in [-0.05, 0) is 5.56 Å². The predicted molar refractivity (Wildman–Crippen MR) is 65.7 cm³/mol. The Hall–Kier alpha value is -2.28. The lowest BCUT2D eigenvalue weighted by atomic mass is 10.2. The van der Waals surface area contributed by atoms with Crippen LogP contribution in [0.5, 0.6) is 0 Å². The van der Waals surface area contributed by atoms with Gasteiger partial charge in [0.2, 0.25) is 0 Å². The van der Waals surface area contributed by atoms with Crippen LogP contribution in [0, 0.1) is 11.3 Å². The lowest BCUT2D eigenvalue weighted by Crippen LogP contribution is -2.25. The summed E-state index contributed by atoms with van der Waals surface area (Å²) in [4.78, 5) is 13.3. The van der Waals surface area contributed by atoms with Gasteiger partial charge in [-0.3, -0.25) is 4.79 Å². The summed E-state index contributed by atoms with van der Waals surface area (Å²) >= 11 is 0. The molecule has 17 heavy (non-hydrogen) atoms. The Kier molecular flexibility index (Phi) is 4.77. The van der Waals surface area contributed by atoms with E-state index < -0.39 is 0 Å². The Morgan fingerprint density at radius 3 is 2.59 bits per heavy atom. The van der Waals surface area contributed by atoms with Crippen LogP contribution in [0.25, 0.3) is 0 Å². The van der Waals surface area contributed by atoms with Crippen molar-refractivity contribution in [3.05, 3.63) is 47.7 Å². The maximum atomic E-state index is 11.7. The molecule has 1 aromatic carbocycles. The van der Waals surface area contributed by atoms with Gasteiger partial charge in [0.05, 0.1) is 0 Å². The zero-order valence-electron chi connectivity index (χ0n) is 9.97. The van der Waals surface area contributed by atoms with Crippen molar-refractivity contribution in [1.82, 2.24) is 10.2 Å². The van der Waals surface area contributed by atoms with Crippen molar-refractivity contribution >= 4 is 5.91 Å². The average Bonchev–Trinajstić information content (AvgIpc) is 2.34. The van der Waals surface area contributed by atoms with Gasteiger partial charge in [0, 0.05) is 26.8 Å². The molecular formula is C13H15N3O. The molecule has 1 N–H and O–H groups in total. The molecule has 4 nitrogen and oxygen atoms in total. The quantitative estimate of drug-likeness (QED) is 0.625. The van der Waals surface area contributed by atoms with E-state index >= 15 is 0 Å². The van der Waals surface area contributed by atoms with E-state index in [0.717, 1.165) is 5.56 Å². The smallest absolute Gasteiger partial charge is 0.263 e. The maximum Gasteiger partial charge on any atom is 0.263 e. The molecule has 0 fully saturated rings. The molecule has 0 aliphatic rings. The Bertz CT molecular complexity index is 443. The number of hydrogen-bond acceptors (Lipinski definition) is 3. The van der Waals surface area contributed by atoms with Crippen molar-refractivity contribution < 1.29 is 4.79 Å². The standard InChI is InChI=1S/C13H15N3O/c1-16(2)10-12(8-14)13(17)15-9-11-6-4-3-5-7-11/h3-7,10H,9H2,1-2H3,(H,15,17)/b12-10-. The highest BCUT2D eigenvalue weighted by atomic mass is 16.1. The minimum absolute atomic E-state index is 0.103. The molecule has 0 aliphatic heterocycles. The van der Waals surface area contributed by atoms with Gasteiger partial charge in [-0.25, -0.2) is 0 Å². The van der Waals surface area contributed by atoms with Gasteiger partial charge in [-0.1, -0.05) is 30.3 Å². The fraction of sp³-hybridized carbons (Fsp3) is 0.231. The summed E-state index contributed by atoms with van der Waals surface area (Å²) in [7, 11) is 3.53. The Labute approximate surface area is 101 Å². The number of nitrogens with one attached hydrogen (secondary N) is 1. The van der Waals surface area contributed by atoms with E-state index in [1.807, 2.05) is 36.4 Å². The molecule has 0 bridgehead atoms. The molecule has 0 saturated heterocycles. The number of hydrogen-bond donors (Lipinski definition) is 1. The third-order valence-electron chi connectivity index (χ3n) is 2.05. The summed E-state index contributed by atoms with van der Waals surface area (Å²) in [5, 5.41) is 11.5. The van der Waals surface area contributed by atoms with E-state index in [1.54, 1.807) is 19.0 Å². The van der Waals surface area contributed by atoms with Gasteiger partial charge >= 0.3 is 0 Å². The molecule has 4 heteroatoms. The van der Waals surface area contributed by atoms with Crippen LogP contribution >= 0.6 is 0 Å². The molecule has 0 saturated carbocycles. The molecular weight excluding hydrogens is 214 g/mol. The number of rotatable bonds is 4. The normalized spacial score (nSPS) is 10.5. The number of carbonyl (C=O) groups is 1. The van der Waals surface area contributed by atoms with Crippen LogP contribution in [0.2, 0.25) is 0 Å². The first-order chi connectivity index (χ1) is 8.13. The number of carbonyl (C=O) groups excluding carboxylic acids is 1. The van der Waals surface area contributed by atoms with Gasteiger partial charge in [-0.2, -0.15) is 5.26 Å². The molecule has 1 amide bonds. The summed E-state index contributed by atoms with van der Waals surface area (Å²) < 4.78 is 0. The monoisotopic (exact) mass is 229 g/mol. The lowest BCUT2D eigenvalue weighted by Gasteiger charge is -2.07. The Morgan fingerprint density at radius 1 is 1.41 bits per heavy atom. The average molecular weight is 229 g/mol. The van der Waals surface area contributed by atoms with Crippen molar-refractivity contribution in [2.45, 2.75) is 6.54 Å². The SMILES string of the molecule is CN(C)/C=C(/C#N)C(=O)NCc1ccccc1. The van der Waals surface area contributed by atoms with E-state index in [1.165, 1.54) is 6.20 Å². The van der Waals surface area contributed by atoms with Crippen molar-refractivity contribution in [2.75, 3.05) is 14.1 Å². The third kappa shape index (κ3) is 4.39. The zero-order chi connectivity index (χ0) is 12.7. The lowest BCUT2D eigenvalue weighted by molar-refractivity contribution is -0.117. The van der Waals surface area contributed by atoms with E-state index in [2.05, 4.69) is 5.32 Å². The summed E-state index contributed by atoms with van der Waals surface area (Å²) in [6.07, 6.45) is 1.50. The van der Waals surface area contributed by atoms with Gasteiger partial charge in [0.25, 0.3) is 5.91 Å². The van der Waals surface area contributed by atoms with E-state index in [9.17, 15) is 4.79 Å². The fourth-order valence-corrected chi connectivity index (χ4v) is 1.27. The fourth-order valence-electron chi connectivity index (χ4n) is 1.27. The number of nitriles is 1. The van der Waals surface area contributed by atoms with Crippen LogP contribution in [0.15, 0.2) is 42.1 Å². The molecule has 0 aliphatic carbocycles. The van der Waals surface area contributed by atoms with Crippen LogP contribution in [-0.4, -0.2) is 24.9 Å². The highest BCUT2D eigenvalue weighted by molar-refractivity contribution is 5.97. The first kappa shape index (κ1) is 12.8. The minimum Gasteiger partial charge on any atom is -0.382 e. The maximum absolute atomic E-state index is 11.7. The summed E-state index contributed by atoms with van der Waals surface area (Å²) in [5.74, 6) is -0.356. The summed E-state index contributed by atoms with van der Waals surface area (Å²) in [6.45, 7) is 0.423. The molecule has 1 aromatic rings. The van der Waals surface area contributed by atoms with Crippen molar-refractivity contribution in [3.8, 4) is 6.07 Å². The van der Waals surface area contributed by atoms with E-state index in [4.69, 9.17) is 5.26 Å². The number of nitrogens with zero attached hydrogens (tertiary/aromatic N) is 2. The van der Waals surface area contributed by atoms with Crippen LogP contribution < -0.4 is 5.32 Å². The molecule has 1 rings (SSSR count). The number of benzene rings is 1. The first-order valence-corrected chi connectivity index (χ1v) is 5.24. The topological polar surface area (TPSA) is 56.1 Å². The molecule has 0 heterocycles. The predicted octanol–water partition coefficient (Wildman–Crippen LogP) is 1.27. The van der Waals surface area contributed by atoms with Crippen LogP contribution in [0.1, 0.15) is 5.56 Å². The second-order valence-electron chi connectivity index (χ2n) is 3.79. The minimum atomic E-state index is -0.356. The Balaban J connectivity index is 2.58. The van der Waals surface area contributed by atoms with Gasteiger partial charge < -0.3 is 10.2 Å². The van der Waals surface area contributed by atoms with Crippen molar-refractivity contribution in [2.24, 2.45) is 0 Å². The molecule has 0 spiro atoms. The largest absolute Gasteiger partial charge is 0.382 e. The van der Waals surface area contributed by atoms with Gasteiger partial charge in [-0.15, -0.1) is 0 Å². The molecule has 0 unspecified atom stereocenters. The molecule has 0 atom stereocenters. The van der Waals surface area contributed by atoms with Crippen molar-refractivity contribution in [1.29, 1.82) is 5.26 Å². The van der Waals surface area contributed by atoms with Crippen LogP contribution in [0.3, 0.4) is 0 Å². The van der Waals surface area contributed by atoms with E-state index in [0.29, 0.717) is 6.54 Å². The van der Waals surface area contributed by atoms with E-state index in [-0.39, 0.29) is 11.5 Å². The zero-order valence-corrected chi connectivity index (χ0v) is 9.97. The molecule has 0 aromatic heterocycles. The summed E-state index contributed by atoms with van der Waals surface area (Å²) in [6, 6.07) is 11.4. The summed E-state index contributed by atoms with van der Waals surface area (Å²) in [5.41, 5.74) is 1.11. The van der Waals surface area contributed by atoms with Gasteiger partial charge in [0.1, 0.15) is 11.6 Å². The third-order valence-corrected chi connectivity index (χ3v) is 2.05. The Morgan fingerprint density at radius 2 is 2.06 bits per heavy atom. The first-order valence-electron chi connectivity index (χ1n) is 5.24. The van der Waals surface area contributed by atoms with Crippen LogP contribution in [0.4, 0.5) is 0 Å².